The van der Waals surface area contributed by atoms with Crippen molar-refractivity contribution in [3.63, 3.8) is 0 Å². The summed E-state index contributed by atoms with van der Waals surface area (Å²) in [5.74, 6) is -0.133. The van der Waals surface area contributed by atoms with E-state index in [-0.39, 0.29) is 12.1 Å². The number of unbranched alkanes of at least 4 members (excludes halogenated alkanes) is 3. The molecule has 126 valence electrons. The summed E-state index contributed by atoms with van der Waals surface area (Å²) in [6, 6.07) is 0. The van der Waals surface area contributed by atoms with E-state index in [1.807, 2.05) is 0 Å². The Morgan fingerprint density at radius 3 is 2.33 bits per heavy atom. The zero-order valence-electron chi connectivity index (χ0n) is 14.2. The molecule has 0 fully saturated rings. The van der Waals surface area contributed by atoms with Crippen LogP contribution in [0, 0.1) is 0 Å². The minimum absolute atomic E-state index is 0.133. The third-order valence-electron chi connectivity index (χ3n) is 3.44. The third-order valence-corrected chi connectivity index (χ3v) is 3.44. The SMILES string of the molecule is CCCCCCC(CCCC(=O)OC)OCCOCCC. The number of hydrogen-bond donors (Lipinski definition) is 0. The summed E-state index contributed by atoms with van der Waals surface area (Å²) in [4.78, 5) is 11.1. The van der Waals surface area contributed by atoms with Gasteiger partial charge in [-0.2, -0.15) is 0 Å². The number of carbonyl (C=O) groups is 1. The van der Waals surface area contributed by atoms with E-state index in [4.69, 9.17) is 9.47 Å². The number of carbonyl (C=O) groups excluding carboxylic acids is 1. The van der Waals surface area contributed by atoms with Gasteiger partial charge in [0.05, 0.1) is 26.4 Å². The Morgan fingerprint density at radius 2 is 1.67 bits per heavy atom. The predicted octanol–water partition coefficient (Wildman–Crippen LogP) is 4.11. The van der Waals surface area contributed by atoms with Crippen LogP contribution >= 0.6 is 0 Å². The van der Waals surface area contributed by atoms with Crippen molar-refractivity contribution in [2.24, 2.45) is 0 Å². The van der Waals surface area contributed by atoms with Crippen LogP contribution in [0.15, 0.2) is 0 Å². The van der Waals surface area contributed by atoms with Gasteiger partial charge >= 0.3 is 5.97 Å². The molecule has 0 aromatic rings. The first kappa shape index (κ1) is 20.4. The molecule has 0 aliphatic rings. The van der Waals surface area contributed by atoms with Gasteiger partial charge in [-0.25, -0.2) is 0 Å². The third kappa shape index (κ3) is 14.1. The highest BCUT2D eigenvalue weighted by Gasteiger charge is 2.10. The van der Waals surface area contributed by atoms with Crippen LogP contribution in [0.25, 0.3) is 0 Å². The lowest BCUT2D eigenvalue weighted by Gasteiger charge is -2.18. The van der Waals surface area contributed by atoms with Crippen molar-refractivity contribution in [2.45, 2.75) is 77.7 Å². The fourth-order valence-corrected chi connectivity index (χ4v) is 2.21. The molecule has 1 unspecified atom stereocenters. The van der Waals surface area contributed by atoms with E-state index in [9.17, 15) is 4.79 Å². The Balaban J connectivity index is 3.82. The van der Waals surface area contributed by atoms with Crippen LogP contribution in [0.3, 0.4) is 0 Å². The molecule has 1 atom stereocenters. The van der Waals surface area contributed by atoms with Crippen LogP contribution in [0.1, 0.15) is 71.6 Å². The van der Waals surface area contributed by atoms with Gasteiger partial charge in [0.25, 0.3) is 0 Å². The average molecular weight is 302 g/mol. The molecule has 0 N–H and O–H groups in total. The van der Waals surface area contributed by atoms with E-state index in [0.717, 1.165) is 32.3 Å². The molecule has 21 heavy (non-hydrogen) atoms. The summed E-state index contributed by atoms with van der Waals surface area (Å²) < 4.78 is 16.0. The van der Waals surface area contributed by atoms with Crippen molar-refractivity contribution in [1.82, 2.24) is 0 Å². The molecular formula is C17H34O4. The molecule has 4 heteroatoms. The van der Waals surface area contributed by atoms with E-state index in [0.29, 0.717) is 19.6 Å². The van der Waals surface area contributed by atoms with Crippen molar-refractivity contribution in [1.29, 1.82) is 0 Å². The van der Waals surface area contributed by atoms with Crippen LogP contribution in [0.4, 0.5) is 0 Å². The fourth-order valence-electron chi connectivity index (χ4n) is 2.21. The molecule has 4 nitrogen and oxygen atoms in total. The minimum atomic E-state index is -0.133. The standard InChI is InChI=1S/C17H34O4/c1-4-6-7-8-10-16(11-9-12-17(18)19-3)21-15-14-20-13-5-2/h16H,4-15H2,1-3H3. The van der Waals surface area contributed by atoms with E-state index >= 15 is 0 Å². The second-order valence-electron chi connectivity index (χ2n) is 5.42. The largest absolute Gasteiger partial charge is 0.469 e. The highest BCUT2D eigenvalue weighted by Crippen LogP contribution is 2.14. The molecule has 0 aromatic heterocycles. The maximum Gasteiger partial charge on any atom is 0.305 e. The lowest BCUT2D eigenvalue weighted by atomic mass is 10.0. The summed E-state index contributed by atoms with van der Waals surface area (Å²) in [7, 11) is 1.44. The first-order chi connectivity index (χ1) is 10.2. The lowest BCUT2D eigenvalue weighted by Crippen LogP contribution is -2.17. The normalized spacial score (nSPS) is 12.3. The molecule has 0 aliphatic carbocycles. The van der Waals surface area contributed by atoms with E-state index < -0.39 is 0 Å². The van der Waals surface area contributed by atoms with Crippen molar-refractivity contribution in [3.05, 3.63) is 0 Å². The predicted molar refractivity (Wildman–Crippen MR) is 85.5 cm³/mol. The first-order valence-electron chi connectivity index (χ1n) is 8.50. The second-order valence-corrected chi connectivity index (χ2v) is 5.42. The smallest absolute Gasteiger partial charge is 0.305 e. The quantitative estimate of drug-likeness (QED) is 0.337. The molecule has 0 aromatic carbocycles. The Kier molecular flexibility index (Phi) is 15.3. The van der Waals surface area contributed by atoms with Gasteiger partial charge in [0.15, 0.2) is 0 Å². The number of rotatable bonds is 15. The summed E-state index contributed by atoms with van der Waals surface area (Å²) in [5.41, 5.74) is 0. The first-order valence-corrected chi connectivity index (χ1v) is 8.50. The van der Waals surface area contributed by atoms with Gasteiger partial charge < -0.3 is 14.2 Å². The molecule has 0 aliphatic heterocycles. The fraction of sp³-hybridized carbons (Fsp3) is 0.941. The highest BCUT2D eigenvalue weighted by molar-refractivity contribution is 5.68. The topological polar surface area (TPSA) is 44.8 Å². The molecule has 0 radical (unpaired) electrons. The number of hydrogen-bond acceptors (Lipinski definition) is 4. The van der Waals surface area contributed by atoms with Gasteiger partial charge in [-0.3, -0.25) is 4.79 Å². The number of methoxy groups -OCH3 is 1. The zero-order valence-corrected chi connectivity index (χ0v) is 14.2. The van der Waals surface area contributed by atoms with Crippen LogP contribution in [0.5, 0.6) is 0 Å². The molecule has 0 amide bonds. The van der Waals surface area contributed by atoms with Gasteiger partial charge in [-0.05, 0) is 25.7 Å². The summed E-state index contributed by atoms with van der Waals surface area (Å²) in [6.45, 7) is 6.43. The molecule has 0 bridgehead atoms. The average Bonchev–Trinajstić information content (AvgIpc) is 2.50. The Labute approximate surface area is 130 Å². The van der Waals surface area contributed by atoms with Gasteiger partial charge in [0.1, 0.15) is 0 Å². The molecule has 0 spiro atoms. The Hall–Kier alpha value is -0.610. The Bertz CT molecular complexity index is 231. The van der Waals surface area contributed by atoms with Gasteiger partial charge in [-0.1, -0.05) is 39.5 Å². The zero-order chi connectivity index (χ0) is 15.8. The van der Waals surface area contributed by atoms with E-state index in [1.165, 1.54) is 32.8 Å². The number of esters is 1. The van der Waals surface area contributed by atoms with Crippen molar-refractivity contribution < 1.29 is 19.0 Å². The molecule has 0 saturated carbocycles. The monoisotopic (exact) mass is 302 g/mol. The highest BCUT2D eigenvalue weighted by atomic mass is 16.5. The number of ether oxygens (including phenoxy) is 3. The van der Waals surface area contributed by atoms with E-state index in [2.05, 4.69) is 18.6 Å². The van der Waals surface area contributed by atoms with Crippen molar-refractivity contribution in [3.8, 4) is 0 Å². The molecule has 0 saturated heterocycles. The van der Waals surface area contributed by atoms with Crippen molar-refractivity contribution in [2.75, 3.05) is 26.9 Å². The molecule has 0 rings (SSSR count). The van der Waals surface area contributed by atoms with Crippen LogP contribution < -0.4 is 0 Å². The minimum Gasteiger partial charge on any atom is -0.469 e. The second kappa shape index (κ2) is 15.8. The van der Waals surface area contributed by atoms with Gasteiger partial charge in [-0.15, -0.1) is 0 Å². The van der Waals surface area contributed by atoms with Crippen LogP contribution in [-0.4, -0.2) is 39.0 Å². The maximum absolute atomic E-state index is 11.1. The molecule has 0 heterocycles. The summed E-state index contributed by atoms with van der Waals surface area (Å²) >= 11 is 0. The lowest BCUT2D eigenvalue weighted by molar-refractivity contribution is -0.140. The van der Waals surface area contributed by atoms with Gasteiger partial charge in [0.2, 0.25) is 0 Å². The van der Waals surface area contributed by atoms with Crippen LogP contribution in [-0.2, 0) is 19.0 Å². The van der Waals surface area contributed by atoms with Crippen LogP contribution in [0.2, 0.25) is 0 Å². The van der Waals surface area contributed by atoms with E-state index in [1.54, 1.807) is 0 Å². The van der Waals surface area contributed by atoms with Crippen molar-refractivity contribution >= 4 is 5.97 Å². The Morgan fingerprint density at radius 1 is 0.905 bits per heavy atom. The summed E-state index contributed by atoms with van der Waals surface area (Å²) in [5, 5.41) is 0. The summed E-state index contributed by atoms with van der Waals surface area (Å²) in [6.07, 6.45) is 9.61. The van der Waals surface area contributed by atoms with Gasteiger partial charge in [0, 0.05) is 13.0 Å². The molecular weight excluding hydrogens is 268 g/mol. The maximum atomic E-state index is 11.1.